The second-order valence-electron chi connectivity index (χ2n) is 7.41. The zero-order valence-corrected chi connectivity index (χ0v) is 16.1. The molecule has 1 aromatic rings. The number of hydrogen-bond donors (Lipinski definition) is 0. The van der Waals surface area contributed by atoms with Crippen LogP contribution in [-0.4, -0.2) is 27.5 Å². The van der Waals surface area contributed by atoms with Gasteiger partial charge in [0.25, 0.3) is 0 Å². The van der Waals surface area contributed by atoms with Crippen LogP contribution in [0, 0.1) is 5.82 Å². The van der Waals surface area contributed by atoms with Crippen LogP contribution in [0.2, 0.25) is 18.1 Å². The van der Waals surface area contributed by atoms with E-state index in [0.29, 0.717) is 6.42 Å². The SMILES string of the molecule is COC(=O)[C@H](CCCc1ccc(F)cc1)O[Si](C)(C)C(C)(C)C. The van der Waals surface area contributed by atoms with Crippen LogP contribution in [0.25, 0.3) is 0 Å². The van der Waals surface area contributed by atoms with Crippen LogP contribution >= 0.6 is 0 Å². The molecule has 0 spiro atoms. The number of esters is 1. The Bertz CT molecular complexity index is 506. The Morgan fingerprint density at radius 2 is 1.78 bits per heavy atom. The monoisotopic (exact) mass is 340 g/mol. The molecule has 0 fully saturated rings. The van der Waals surface area contributed by atoms with Crippen LogP contribution in [0.1, 0.15) is 39.2 Å². The van der Waals surface area contributed by atoms with Crippen molar-refractivity contribution in [1.29, 1.82) is 0 Å². The minimum atomic E-state index is -2.03. The third-order valence-corrected chi connectivity index (χ3v) is 9.04. The third-order valence-electron chi connectivity index (χ3n) is 4.55. The summed E-state index contributed by atoms with van der Waals surface area (Å²) in [6.45, 7) is 10.7. The molecule has 1 aromatic carbocycles. The van der Waals surface area contributed by atoms with Gasteiger partial charge in [0.15, 0.2) is 8.32 Å². The van der Waals surface area contributed by atoms with Crippen molar-refractivity contribution in [3.8, 4) is 0 Å². The van der Waals surface area contributed by atoms with Crippen LogP contribution in [-0.2, 0) is 20.4 Å². The van der Waals surface area contributed by atoms with E-state index in [4.69, 9.17) is 9.16 Å². The molecule has 0 N–H and O–H groups in total. The van der Waals surface area contributed by atoms with Gasteiger partial charge in [-0.05, 0) is 55.1 Å². The van der Waals surface area contributed by atoms with Gasteiger partial charge >= 0.3 is 5.97 Å². The summed E-state index contributed by atoms with van der Waals surface area (Å²) in [7, 11) is -0.641. The predicted octanol–water partition coefficient (Wildman–Crippen LogP) is 4.71. The van der Waals surface area contributed by atoms with Gasteiger partial charge in [-0.1, -0.05) is 32.9 Å². The standard InChI is InChI=1S/C18H29FO3Si/c1-18(2,3)23(5,6)22-16(17(20)21-4)9-7-8-14-10-12-15(19)13-11-14/h10-13,16H,7-9H2,1-6H3/t16-/m0/s1. The highest BCUT2D eigenvalue weighted by Crippen LogP contribution is 2.37. The highest BCUT2D eigenvalue weighted by atomic mass is 28.4. The van der Waals surface area contributed by atoms with Crippen molar-refractivity contribution in [2.45, 2.75) is 64.3 Å². The number of methoxy groups -OCH3 is 1. The molecule has 130 valence electrons. The Labute approximate surface area is 140 Å². The molecule has 0 bridgehead atoms. The lowest BCUT2D eigenvalue weighted by atomic mass is 10.1. The lowest BCUT2D eigenvalue weighted by Crippen LogP contribution is -2.46. The van der Waals surface area contributed by atoms with Crippen LogP contribution < -0.4 is 0 Å². The van der Waals surface area contributed by atoms with E-state index in [0.717, 1.165) is 18.4 Å². The van der Waals surface area contributed by atoms with E-state index >= 15 is 0 Å². The second kappa shape index (κ2) is 8.06. The fourth-order valence-corrected chi connectivity index (χ4v) is 3.31. The normalized spacial score (nSPS) is 13.7. The van der Waals surface area contributed by atoms with Gasteiger partial charge in [-0.2, -0.15) is 0 Å². The zero-order valence-electron chi connectivity index (χ0n) is 15.1. The first-order valence-corrected chi connectivity index (χ1v) is 11.0. The van der Waals surface area contributed by atoms with Gasteiger partial charge in [0.2, 0.25) is 0 Å². The molecule has 1 atom stereocenters. The molecule has 0 aliphatic heterocycles. The maximum absolute atomic E-state index is 12.9. The molecule has 0 radical (unpaired) electrons. The van der Waals surface area contributed by atoms with Crippen LogP contribution in [0.15, 0.2) is 24.3 Å². The fourth-order valence-electron chi connectivity index (χ4n) is 2.03. The van der Waals surface area contributed by atoms with Crippen molar-refractivity contribution in [3.63, 3.8) is 0 Å². The molecule has 3 nitrogen and oxygen atoms in total. The zero-order chi connectivity index (χ0) is 17.7. The summed E-state index contributed by atoms with van der Waals surface area (Å²) in [4.78, 5) is 12.0. The van der Waals surface area contributed by atoms with Crippen molar-refractivity contribution in [1.82, 2.24) is 0 Å². The quantitative estimate of drug-likeness (QED) is 0.532. The maximum atomic E-state index is 12.9. The lowest BCUT2D eigenvalue weighted by molar-refractivity contribution is -0.149. The molecular weight excluding hydrogens is 311 g/mol. The molecule has 0 aliphatic rings. The molecule has 0 saturated carbocycles. The molecule has 0 aromatic heterocycles. The average Bonchev–Trinajstić information content (AvgIpc) is 2.46. The predicted molar refractivity (Wildman–Crippen MR) is 93.4 cm³/mol. The summed E-state index contributed by atoms with van der Waals surface area (Å²) in [5.41, 5.74) is 1.06. The minimum Gasteiger partial charge on any atom is -0.467 e. The van der Waals surface area contributed by atoms with Crippen LogP contribution in [0.4, 0.5) is 4.39 Å². The van der Waals surface area contributed by atoms with E-state index in [1.165, 1.54) is 19.2 Å². The number of carbonyl (C=O) groups excluding carboxylic acids is 1. The summed E-state index contributed by atoms with van der Waals surface area (Å²) in [5.74, 6) is -0.545. The van der Waals surface area contributed by atoms with Gasteiger partial charge in [-0.15, -0.1) is 0 Å². The Balaban J connectivity index is 2.65. The number of aryl methyl sites for hydroxylation is 1. The van der Waals surface area contributed by atoms with Gasteiger partial charge in [0, 0.05) is 0 Å². The van der Waals surface area contributed by atoms with Crippen molar-refractivity contribution in [2.24, 2.45) is 0 Å². The molecule has 5 heteroatoms. The number of carbonyl (C=O) groups is 1. The number of ether oxygens (including phenoxy) is 1. The summed E-state index contributed by atoms with van der Waals surface area (Å²) in [6, 6.07) is 6.47. The van der Waals surface area contributed by atoms with Gasteiger partial charge in [0.1, 0.15) is 11.9 Å². The lowest BCUT2D eigenvalue weighted by Gasteiger charge is -2.38. The van der Waals surface area contributed by atoms with Crippen LogP contribution in [0.5, 0.6) is 0 Å². The molecule has 0 heterocycles. The number of benzene rings is 1. The Kier molecular flexibility index (Phi) is 6.95. The second-order valence-corrected chi connectivity index (χ2v) is 12.2. The van der Waals surface area contributed by atoms with E-state index in [-0.39, 0.29) is 16.8 Å². The van der Waals surface area contributed by atoms with E-state index in [2.05, 4.69) is 33.9 Å². The highest BCUT2D eigenvalue weighted by molar-refractivity contribution is 6.74. The van der Waals surface area contributed by atoms with Crippen molar-refractivity contribution in [3.05, 3.63) is 35.6 Å². The summed E-state index contributed by atoms with van der Waals surface area (Å²) in [5, 5.41) is 0.0379. The molecule has 0 amide bonds. The molecular formula is C18H29FO3Si. The van der Waals surface area contributed by atoms with Crippen molar-refractivity contribution < 1.29 is 18.3 Å². The van der Waals surface area contributed by atoms with Crippen molar-refractivity contribution in [2.75, 3.05) is 7.11 Å². The van der Waals surface area contributed by atoms with Gasteiger partial charge in [-0.3, -0.25) is 0 Å². The first kappa shape index (κ1) is 19.8. The minimum absolute atomic E-state index is 0.0379. The van der Waals surface area contributed by atoms with E-state index in [1.807, 2.05) is 0 Å². The largest absolute Gasteiger partial charge is 0.467 e. The Morgan fingerprint density at radius 1 is 1.22 bits per heavy atom. The fraction of sp³-hybridized carbons (Fsp3) is 0.611. The highest BCUT2D eigenvalue weighted by Gasteiger charge is 2.40. The van der Waals surface area contributed by atoms with E-state index in [1.54, 1.807) is 12.1 Å². The molecule has 0 saturated heterocycles. The Hall–Kier alpha value is -1.20. The number of halogens is 1. The van der Waals surface area contributed by atoms with Gasteiger partial charge in [0.05, 0.1) is 7.11 Å². The summed E-state index contributed by atoms with van der Waals surface area (Å²) < 4.78 is 24.0. The van der Waals surface area contributed by atoms with Crippen LogP contribution in [0.3, 0.4) is 0 Å². The smallest absolute Gasteiger partial charge is 0.333 e. The first-order chi connectivity index (χ1) is 10.6. The molecule has 23 heavy (non-hydrogen) atoms. The molecule has 0 unspecified atom stereocenters. The number of hydrogen-bond acceptors (Lipinski definition) is 3. The number of rotatable bonds is 7. The molecule has 1 rings (SSSR count). The maximum Gasteiger partial charge on any atom is 0.333 e. The van der Waals surface area contributed by atoms with E-state index < -0.39 is 14.4 Å². The van der Waals surface area contributed by atoms with Gasteiger partial charge in [-0.25, -0.2) is 9.18 Å². The average molecular weight is 341 g/mol. The third kappa shape index (κ3) is 6.07. The topological polar surface area (TPSA) is 35.5 Å². The first-order valence-electron chi connectivity index (χ1n) is 8.07. The van der Waals surface area contributed by atoms with Gasteiger partial charge < -0.3 is 9.16 Å². The molecule has 0 aliphatic carbocycles. The summed E-state index contributed by atoms with van der Waals surface area (Å²) >= 11 is 0. The van der Waals surface area contributed by atoms with Crippen molar-refractivity contribution >= 4 is 14.3 Å². The van der Waals surface area contributed by atoms with E-state index in [9.17, 15) is 9.18 Å². The summed E-state index contributed by atoms with van der Waals surface area (Å²) in [6.07, 6.45) is 1.66. The Morgan fingerprint density at radius 3 is 2.26 bits per heavy atom.